The molecule has 5 nitrogen and oxygen atoms in total. The van der Waals surface area contributed by atoms with Crippen LogP contribution >= 0.6 is 0 Å². The van der Waals surface area contributed by atoms with E-state index in [0.717, 1.165) is 18.4 Å². The van der Waals surface area contributed by atoms with Crippen LogP contribution in [0.15, 0.2) is 24.3 Å². The van der Waals surface area contributed by atoms with Crippen LogP contribution < -0.4 is 16.0 Å². The summed E-state index contributed by atoms with van der Waals surface area (Å²) >= 11 is 0. The van der Waals surface area contributed by atoms with Crippen LogP contribution in [0.25, 0.3) is 0 Å². The fourth-order valence-electron chi connectivity index (χ4n) is 2.40. The first-order chi connectivity index (χ1) is 10.9. The normalized spacial score (nSPS) is 21.9. The van der Waals surface area contributed by atoms with Crippen molar-refractivity contribution in [3.05, 3.63) is 35.6 Å². The Labute approximate surface area is 136 Å². The van der Waals surface area contributed by atoms with E-state index >= 15 is 0 Å². The molecule has 1 aromatic rings. The van der Waals surface area contributed by atoms with Crippen LogP contribution in [-0.4, -0.2) is 30.1 Å². The molecule has 0 radical (unpaired) electrons. The van der Waals surface area contributed by atoms with E-state index in [0.29, 0.717) is 0 Å². The number of hydrogen-bond donors (Lipinski definition) is 3. The lowest BCUT2D eigenvalue weighted by Crippen LogP contribution is -2.50. The fourth-order valence-corrected chi connectivity index (χ4v) is 2.40. The average Bonchev–Trinajstić information content (AvgIpc) is 3.25. The summed E-state index contributed by atoms with van der Waals surface area (Å²) in [4.78, 5) is 23.8. The monoisotopic (exact) mass is 321 g/mol. The minimum atomic E-state index is -0.602. The second kappa shape index (κ2) is 7.44. The van der Waals surface area contributed by atoms with E-state index in [9.17, 15) is 14.0 Å². The maximum atomic E-state index is 13.2. The zero-order valence-corrected chi connectivity index (χ0v) is 13.7. The van der Waals surface area contributed by atoms with E-state index in [1.165, 1.54) is 12.1 Å². The molecule has 1 aliphatic rings. The Morgan fingerprint density at radius 2 is 2.04 bits per heavy atom. The van der Waals surface area contributed by atoms with E-state index in [2.05, 4.69) is 16.0 Å². The van der Waals surface area contributed by atoms with Crippen LogP contribution in [0.5, 0.6) is 0 Å². The lowest BCUT2D eigenvalue weighted by atomic mass is 10.1. The molecule has 126 valence electrons. The van der Waals surface area contributed by atoms with Gasteiger partial charge in [-0.3, -0.25) is 4.79 Å². The van der Waals surface area contributed by atoms with E-state index < -0.39 is 6.04 Å². The summed E-state index contributed by atoms with van der Waals surface area (Å²) in [5.74, 6) is -0.333. The molecule has 6 heteroatoms. The molecule has 0 saturated heterocycles. The predicted molar refractivity (Wildman–Crippen MR) is 86.6 cm³/mol. The van der Waals surface area contributed by atoms with Crippen LogP contribution in [0.4, 0.5) is 9.18 Å². The Kier molecular flexibility index (Phi) is 5.58. The van der Waals surface area contributed by atoms with Crippen molar-refractivity contribution in [2.45, 2.75) is 57.7 Å². The smallest absolute Gasteiger partial charge is 0.315 e. The van der Waals surface area contributed by atoms with Crippen molar-refractivity contribution < 1.29 is 14.0 Å². The zero-order chi connectivity index (χ0) is 17.0. The van der Waals surface area contributed by atoms with Gasteiger partial charge < -0.3 is 16.0 Å². The SMILES string of the molecule is CC[C@H](C)NC(=O)[C@H](C)NC(=O)N[C@H]1C[C@H]1c1cccc(F)c1. The molecule has 1 fully saturated rings. The summed E-state index contributed by atoms with van der Waals surface area (Å²) < 4.78 is 13.2. The highest BCUT2D eigenvalue weighted by Crippen LogP contribution is 2.40. The summed E-state index contributed by atoms with van der Waals surface area (Å²) in [6.45, 7) is 5.54. The molecule has 4 atom stereocenters. The Hall–Kier alpha value is -2.11. The molecule has 0 bridgehead atoms. The number of hydrogen-bond acceptors (Lipinski definition) is 2. The third kappa shape index (κ3) is 4.94. The molecule has 3 amide bonds. The Morgan fingerprint density at radius 1 is 1.30 bits per heavy atom. The molecular weight excluding hydrogens is 297 g/mol. The van der Waals surface area contributed by atoms with Crippen molar-refractivity contribution in [1.82, 2.24) is 16.0 Å². The summed E-state index contributed by atoms with van der Waals surface area (Å²) in [5.41, 5.74) is 0.887. The molecule has 3 N–H and O–H groups in total. The molecule has 0 unspecified atom stereocenters. The number of carbonyl (C=O) groups excluding carboxylic acids is 2. The van der Waals surface area contributed by atoms with Crippen LogP contribution in [0.1, 0.15) is 45.1 Å². The Morgan fingerprint density at radius 3 is 2.70 bits per heavy atom. The molecule has 1 saturated carbocycles. The molecule has 2 rings (SSSR count). The highest BCUT2D eigenvalue weighted by molar-refractivity contribution is 5.87. The summed E-state index contributed by atoms with van der Waals surface area (Å²) in [5, 5.41) is 8.27. The lowest BCUT2D eigenvalue weighted by Gasteiger charge is -2.17. The van der Waals surface area contributed by atoms with Gasteiger partial charge in [-0.25, -0.2) is 9.18 Å². The van der Waals surface area contributed by atoms with Crippen LogP contribution in [-0.2, 0) is 4.79 Å². The van der Waals surface area contributed by atoms with Crippen molar-refractivity contribution in [1.29, 1.82) is 0 Å². The van der Waals surface area contributed by atoms with Gasteiger partial charge in [0.15, 0.2) is 0 Å². The number of rotatable bonds is 6. The highest BCUT2D eigenvalue weighted by atomic mass is 19.1. The van der Waals surface area contributed by atoms with Gasteiger partial charge >= 0.3 is 6.03 Å². The summed E-state index contributed by atoms with van der Waals surface area (Å²) in [7, 11) is 0. The van der Waals surface area contributed by atoms with E-state index in [-0.39, 0.29) is 35.8 Å². The number of urea groups is 1. The van der Waals surface area contributed by atoms with Gasteiger partial charge in [-0.2, -0.15) is 0 Å². The lowest BCUT2D eigenvalue weighted by molar-refractivity contribution is -0.123. The zero-order valence-electron chi connectivity index (χ0n) is 13.7. The van der Waals surface area contributed by atoms with Crippen molar-refractivity contribution in [3.8, 4) is 0 Å². The minimum Gasteiger partial charge on any atom is -0.352 e. The molecule has 0 aliphatic heterocycles. The Balaban J connectivity index is 1.77. The van der Waals surface area contributed by atoms with E-state index in [1.54, 1.807) is 13.0 Å². The van der Waals surface area contributed by atoms with Crippen LogP contribution in [0, 0.1) is 5.82 Å². The maximum Gasteiger partial charge on any atom is 0.315 e. The van der Waals surface area contributed by atoms with Crippen LogP contribution in [0.3, 0.4) is 0 Å². The maximum absolute atomic E-state index is 13.2. The molecule has 1 aromatic carbocycles. The van der Waals surface area contributed by atoms with Crippen LogP contribution in [0.2, 0.25) is 0 Å². The number of halogens is 1. The first-order valence-corrected chi connectivity index (χ1v) is 8.03. The van der Waals surface area contributed by atoms with E-state index in [1.807, 2.05) is 19.9 Å². The third-order valence-corrected chi connectivity index (χ3v) is 4.13. The van der Waals surface area contributed by atoms with Gasteiger partial charge in [0.25, 0.3) is 0 Å². The van der Waals surface area contributed by atoms with Gasteiger partial charge in [0, 0.05) is 18.0 Å². The molecule has 0 spiro atoms. The topological polar surface area (TPSA) is 70.2 Å². The standard InChI is InChI=1S/C17H24FN3O2/c1-4-10(2)19-16(22)11(3)20-17(23)21-15-9-14(15)12-6-5-7-13(18)8-12/h5-8,10-11,14-15H,4,9H2,1-3H3,(H,19,22)(H2,20,21,23)/t10-,11-,14-,15-/m0/s1. The minimum absolute atomic E-state index is 0.0124. The van der Waals surface area contributed by atoms with Gasteiger partial charge in [-0.1, -0.05) is 19.1 Å². The molecule has 0 aromatic heterocycles. The molecular formula is C17H24FN3O2. The van der Waals surface area contributed by atoms with Gasteiger partial charge in [0.05, 0.1) is 0 Å². The quantitative estimate of drug-likeness (QED) is 0.752. The first-order valence-electron chi connectivity index (χ1n) is 8.03. The largest absolute Gasteiger partial charge is 0.352 e. The third-order valence-electron chi connectivity index (χ3n) is 4.13. The van der Waals surface area contributed by atoms with Gasteiger partial charge in [0.1, 0.15) is 11.9 Å². The molecule has 23 heavy (non-hydrogen) atoms. The average molecular weight is 321 g/mol. The highest BCUT2D eigenvalue weighted by Gasteiger charge is 2.39. The second-order valence-corrected chi connectivity index (χ2v) is 6.16. The fraction of sp³-hybridized carbons (Fsp3) is 0.529. The van der Waals surface area contributed by atoms with Crippen molar-refractivity contribution in [2.75, 3.05) is 0 Å². The van der Waals surface area contributed by atoms with Gasteiger partial charge in [0.2, 0.25) is 5.91 Å². The second-order valence-electron chi connectivity index (χ2n) is 6.16. The number of benzene rings is 1. The number of amides is 3. The summed E-state index contributed by atoms with van der Waals surface area (Å²) in [6, 6.07) is 5.51. The predicted octanol–water partition coefficient (Wildman–Crippen LogP) is 2.28. The summed E-state index contributed by atoms with van der Waals surface area (Å²) in [6.07, 6.45) is 1.62. The molecule has 0 heterocycles. The molecule has 1 aliphatic carbocycles. The van der Waals surface area contributed by atoms with Crippen molar-refractivity contribution >= 4 is 11.9 Å². The van der Waals surface area contributed by atoms with Crippen molar-refractivity contribution in [2.24, 2.45) is 0 Å². The van der Waals surface area contributed by atoms with Crippen molar-refractivity contribution in [3.63, 3.8) is 0 Å². The van der Waals surface area contributed by atoms with Gasteiger partial charge in [-0.05, 0) is 44.4 Å². The number of carbonyl (C=O) groups is 2. The Bertz CT molecular complexity index is 579. The number of nitrogens with one attached hydrogen (secondary N) is 3. The van der Waals surface area contributed by atoms with E-state index in [4.69, 9.17) is 0 Å². The first kappa shape index (κ1) is 17.2. The van der Waals surface area contributed by atoms with Gasteiger partial charge in [-0.15, -0.1) is 0 Å².